The Kier molecular flexibility index (Phi) is 5.01. The summed E-state index contributed by atoms with van der Waals surface area (Å²) in [6.07, 6.45) is 0.685. The third-order valence-corrected chi connectivity index (χ3v) is 5.93. The molecular weight excluding hydrogens is 336 g/mol. The van der Waals surface area contributed by atoms with Gasteiger partial charge >= 0.3 is 0 Å². The summed E-state index contributed by atoms with van der Waals surface area (Å²) < 4.78 is 33.2. The van der Waals surface area contributed by atoms with Crippen LogP contribution in [0.2, 0.25) is 0 Å². The van der Waals surface area contributed by atoms with E-state index >= 15 is 0 Å². The zero-order valence-electron chi connectivity index (χ0n) is 14.6. The molecular formula is C19H24N2O3S. The van der Waals surface area contributed by atoms with E-state index in [4.69, 9.17) is 10.5 Å². The fraction of sp³-hybridized carbons (Fsp3) is 0.368. The number of hydrogen-bond acceptors (Lipinski definition) is 4. The van der Waals surface area contributed by atoms with Crippen LogP contribution in [-0.4, -0.2) is 27.6 Å². The Hall–Kier alpha value is -2.05. The highest BCUT2D eigenvalue weighted by atomic mass is 32.2. The lowest BCUT2D eigenvalue weighted by Crippen LogP contribution is -2.46. The number of para-hydroxylation sites is 1. The summed E-state index contributed by atoms with van der Waals surface area (Å²) in [5, 5.41) is 0. The molecule has 0 fully saturated rings. The average Bonchev–Trinajstić information content (AvgIpc) is 2.59. The molecule has 1 aliphatic heterocycles. The third kappa shape index (κ3) is 3.80. The summed E-state index contributed by atoms with van der Waals surface area (Å²) in [6.45, 7) is 5.01. The molecule has 1 heterocycles. The molecule has 2 aromatic carbocycles. The molecule has 0 saturated heterocycles. The molecule has 2 aromatic rings. The van der Waals surface area contributed by atoms with Crippen molar-refractivity contribution >= 4 is 15.7 Å². The van der Waals surface area contributed by atoms with E-state index < -0.39 is 10.0 Å². The number of sulfonamides is 1. The van der Waals surface area contributed by atoms with Crippen LogP contribution in [-0.2, 0) is 16.4 Å². The fourth-order valence-corrected chi connectivity index (χ4v) is 4.47. The second-order valence-corrected chi connectivity index (χ2v) is 8.67. The molecule has 0 amide bonds. The summed E-state index contributed by atoms with van der Waals surface area (Å²) in [5.41, 5.74) is 7.75. The van der Waals surface area contributed by atoms with E-state index in [-0.39, 0.29) is 17.5 Å². The molecule has 0 saturated carbocycles. The number of rotatable bonds is 5. The van der Waals surface area contributed by atoms with Crippen molar-refractivity contribution in [2.45, 2.75) is 31.2 Å². The Balaban J connectivity index is 1.89. The second kappa shape index (κ2) is 7.06. The SMILES string of the molecule is CC(C)COc1ccc(S(=O)(=O)N2CC(N)Cc3ccccc32)cc1. The van der Waals surface area contributed by atoms with Gasteiger partial charge in [0.05, 0.1) is 17.2 Å². The highest BCUT2D eigenvalue weighted by molar-refractivity contribution is 7.92. The lowest BCUT2D eigenvalue weighted by molar-refractivity contribution is 0.271. The second-order valence-electron chi connectivity index (χ2n) is 6.81. The van der Waals surface area contributed by atoms with Crippen LogP contribution in [0.1, 0.15) is 19.4 Å². The number of benzene rings is 2. The van der Waals surface area contributed by atoms with Gasteiger partial charge in [-0.05, 0) is 48.2 Å². The minimum Gasteiger partial charge on any atom is -0.493 e. The monoisotopic (exact) mass is 360 g/mol. The van der Waals surface area contributed by atoms with E-state index in [1.54, 1.807) is 24.3 Å². The van der Waals surface area contributed by atoms with E-state index in [1.165, 1.54) is 4.31 Å². The minimum atomic E-state index is -3.66. The lowest BCUT2D eigenvalue weighted by Gasteiger charge is -2.33. The Labute approximate surface area is 149 Å². The first-order chi connectivity index (χ1) is 11.9. The molecule has 6 heteroatoms. The fourth-order valence-electron chi connectivity index (χ4n) is 2.91. The molecule has 0 aromatic heterocycles. The van der Waals surface area contributed by atoms with Gasteiger partial charge in [0.15, 0.2) is 0 Å². The van der Waals surface area contributed by atoms with Gasteiger partial charge in [0, 0.05) is 12.6 Å². The molecule has 0 aliphatic carbocycles. The van der Waals surface area contributed by atoms with Crippen molar-refractivity contribution in [3.63, 3.8) is 0 Å². The molecule has 1 aliphatic rings. The summed E-state index contributed by atoms with van der Waals surface area (Å²) in [4.78, 5) is 0.244. The van der Waals surface area contributed by atoms with Gasteiger partial charge < -0.3 is 10.5 Å². The van der Waals surface area contributed by atoms with Crippen molar-refractivity contribution in [2.24, 2.45) is 11.7 Å². The molecule has 1 atom stereocenters. The smallest absolute Gasteiger partial charge is 0.264 e. The Bertz CT molecular complexity index is 832. The largest absolute Gasteiger partial charge is 0.493 e. The molecule has 3 rings (SSSR count). The molecule has 25 heavy (non-hydrogen) atoms. The van der Waals surface area contributed by atoms with Crippen LogP contribution in [0, 0.1) is 5.92 Å². The van der Waals surface area contributed by atoms with E-state index in [9.17, 15) is 8.42 Å². The van der Waals surface area contributed by atoms with Gasteiger partial charge in [-0.1, -0.05) is 32.0 Å². The molecule has 5 nitrogen and oxygen atoms in total. The maximum atomic E-state index is 13.1. The minimum absolute atomic E-state index is 0.210. The standard InChI is InChI=1S/C19H24N2O3S/c1-14(2)13-24-17-7-9-18(10-8-17)25(22,23)21-12-16(20)11-15-5-3-4-6-19(15)21/h3-10,14,16H,11-13,20H2,1-2H3. The van der Waals surface area contributed by atoms with E-state index in [0.717, 1.165) is 5.56 Å². The van der Waals surface area contributed by atoms with Crippen LogP contribution >= 0.6 is 0 Å². The first-order valence-corrected chi connectivity index (χ1v) is 9.91. The zero-order chi connectivity index (χ0) is 18.0. The van der Waals surface area contributed by atoms with Crippen LogP contribution in [0.4, 0.5) is 5.69 Å². The molecule has 0 spiro atoms. The molecule has 0 bridgehead atoms. The van der Waals surface area contributed by atoms with Crippen LogP contribution in [0.25, 0.3) is 0 Å². The number of nitrogens with two attached hydrogens (primary N) is 1. The van der Waals surface area contributed by atoms with Crippen LogP contribution in [0.15, 0.2) is 53.4 Å². The average molecular weight is 360 g/mol. The predicted molar refractivity (Wildman–Crippen MR) is 99.4 cm³/mol. The van der Waals surface area contributed by atoms with Gasteiger partial charge in [-0.25, -0.2) is 8.42 Å². The van der Waals surface area contributed by atoms with Crippen molar-refractivity contribution in [3.8, 4) is 5.75 Å². The van der Waals surface area contributed by atoms with Crippen molar-refractivity contribution in [2.75, 3.05) is 17.5 Å². The van der Waals surface area contributed by atoms with Gasteiger partial charge in [0.25, 0.3) is 10.0 Å². The van der Waals surface area contributed by atoms with E-state index in [1.807, 2.05) is 24.3 Å². The summed E-state index contributed by atoms with van der Waals surface area (Å²) in [6, 6.07) is 13.9. The van der Waals surface area contributed by atoms with Crippen molar-refractivity contribution in [3.05, 3.63) is 54.1 Å². The highest BCUT2D eigenvalue weighted by Crippen LogP contribution is 2.32. The van der Waals surface area contributed by atoms with Gasteiger partial charge in [0.2, 0.25) is 0 Å². The van der Waals surface area contributed by atoms with Gasteiger partial charge in [-0.15, -0.1) is 0 Å². The predicted octanol–water partition coefficient (Wildman–Crippen LogP) is 2.80. The first kappa shape index (κ1) is 17.8. The summed E-state index contributed by atoms with van der Waals surface area (Å²) in [5.74, 6) is 1.08. The summed E-state index contributed by atoms with van der Waals surface area (Å²) >= 11 is 0. The Morgan fingerprint density at radius 1 is 1.16 bits per heavy atom. The molecule has 2 N–H and O–H groups in total. The number of nitrogens with zero attached hydrogens (tertiary/aromatic N) is 1. The third-order valence-electron chi connectivity index (χ3n) is 4.14. The van der Waals surface area contributed by atoms with Gasteiger partial charge in [-0.2, -0.15) is 0 Å². The number of ether oxygens (including phenoxy) is 1. The maximum absolute atomic E-state index is 13.1. The number of hydrogen-bond donors (Lipinski definition) is 1. The lowest BCUT2D eigenvalue weighted by atomic mass is 10.0. The molecule has 1 unspecified atom stereocenters. The first-order valence-electron chi connectivity index (χ1n) is 8.47. The topological polar surface area (TPSA) is 72.6 Å². The van der Waals surface area contributed by atoms with Crippen molar-refractivity contribution < 1.29 is 13.2 Å². The van der Waals surface area contributed by atoms with Crippen molar-refractivity contribution in [1.29, 1.82) is 0 Å². The van der Waals surface area contributed by atoms with Gasteiger partial charge in [0.1, 0.15) is 5.75 Å². The van der Waals surface area contributed by atoms with Gasteiger partial charge in [-0.3, -0.25) is 4.31 Å². The zero-order valence-corrected chi connectivity index (χ0v) is 15.4. The maximum Gasteiger partial charge on any atom is 0.264 e. The number of fused-ring (bicyclic) bond motifs is 1. The number of anilines is 1. The molecule has 134 valence electrons. The summed E-state index contributed by atoms with van der Waals surface area (Å²) in [7, 11) is -3.66. The Morgan fingerprint density at radius 2 is 1.84 bits per heavy atom. The molecule has 0 radical (unpaired) electrons. The van der Waals surface area contributed by atoms with Crippen LogP contribution in [0.3, 0.4) is 0 Å². The quantitative estimate of drug-likeness (QED) is 0.890. The normalized spacial score (nSPS) is 17.4. The van der Waals surface area contributed by atoms with E-state index in [0.29, 0.717) is 30.4 Å². The van der Waals surface area contributed by atoms with Crippen LogP contribution in [0.5, 0.6) is 5.75 Å². The van der Waals surface area contributed by atoms with Crippen LogP contribution < -0.4 is 14.8 Å². The van der Waals surface area contributed by atoms with E-state index in [2.05, 4.69) is 13.8 Å². The Morgan fingerprint density at radius 3 is 2.52 bits per heavy atom. The highest BCUT2D eigenvalue weighted by Gasteiger charge is 2.31. The van der Waals surface area contributed by atoms with Crippen molar-refractivity contribution in [1.82, 2.24) is 0 Å².